The molecule has 0 N–H and O–H groups in total. The molecule has 4 heteroatoms. The number of ether oxygens (including phenoxy) is 1. The third-order valence-electron chi connectivity index (χ3n) is 3.63. The highest BCUT2D eigenvalue weighted by Gasteiger charge is 2.25. The Bertz CT molecular complexity index is 436. The highest BCUT2D eigenvalue weighted by atomic mass is 79.9. The lowest BCUT2D eigenvalue weighted by molar-refractivity contribution is 0.0702. The summed E-state index contributed by atoms with van der Waals surface area (Å²) < 4.78 is 5.19. The van der Waals surface area contributed by atoms with Gasteiger partial charge in [0.1, 0.15) is 5.75 Å². The van der Waals surface area contributed by atoms with Crippen molar-refractivity contribution in [3.63, 3.8) is 0 Å². The second-order valence-corrected chi connectivity index (χ2v) is 5.54. The summed E-state index contributed by atoms with van der Waals surface area (Å²) in [5, 5.41) is 0.850. The molecule has 1 fully saturated rings. The predicted octanol–water partition coefficient (Wildman–Crippen LogP) is 3.47. The van der Waals surface area contributed by atoms with Crippen molar-refractivity contribution in [2.45, 2.75) is 31.7 Å². The molecule has 1 atom stereocenters. The van der Waals surface area contributed by atoms with E-state index >= 15 is 0 Å². The minimum absolute atomic E-state index is 0.116. The number of nitrogens with zero attached hydrogens (tertiary/aromatic N) is 1. The van der Waals surface area contributed by atoms with Gasteiger partial charge in [-0.2, -0.15) is 0 Å². The fourth-order valence-electron chi connectivity index (χ4n) is 2.53. The third-order valence-corrected chi connectivity index (χ3v) is 4.38. The van der Waals surface area contributed by atoms with Crippen LogP contribution in [0.4, 0.5) is 0 Å². The first-order valence-electron chi connectivity index (χ1n) is 6.77. The molecular formula is C15H20BrNO2. The molecular weight excluding hydrogens is 306 g/mol. The SMILES string of the molecule is COc1cccc(C(=O)N2CCCCCC2CBr)c1. The second kappa shape index (κ2) is 6.94. The summed E-state index contributed by atoms with van der Waals surface area (Å²) in [6, 6.07) is 7.72. The molecule has 104 valence electrons. The fraction of sp³-hybridized carbons (Fsp3) is 0.533. The molecule has 2 rings (SSSR count). The summed E-state index contributed by atoms with van der Waals surface area (Å²) in [5.74, 6) is 0.848. The van der Waals surface area contributed by atoms with Crippen LogP contribution in [0.2, 0.25) is 0 Å². The molecule has 1 aliphatic rings. The van der Waals surface area contributed by atoms with Crippen LogP contribution in [-0.4, -0.2) is 35.8 Å². The van der Waals surface area contributed by atoms with Crippen molar-refractivity contribution < 1.29 is 9.53 Å². The van der Waals surface area contributed by atoms with E-state index in [1.165, 1.54) is 12.8 Å². The minimum Gasteiger partial charge on any atom is -0.497 e. The van der Waals surface area contributed by atoms with Gasteiger partial charge in [-0.3, -0.25) is 4.79 Å². The highest BCUT2D eigenvalue weighted by molar-refractivity contribution is 9.09. The smallest absolute Gasteiger partial charge is 0.254 e. The summed E-state index contributed by atoms with van der Waals surface area (Å²) >= 11 is 3.54. The molecule has 1 amide bonds. The van der Waals surface area contributed by atoms with E-state index in [0.717, 1.165) is 30.5 Å². The van der Waals surface area contributed by atoms with Gasteiger partial charge < -0.3 is 9.64 Å². The molecule has 3 nitrogen and oxygen atoms in total. The number of hydrogen-bond acceptors (Lipinski definition) is 2. The number of methoxy groups -OCH3 is 1. The number of carbonyl (C=O) groups is 1. The van der Waals surface area contributed by atoms with Gasteiger partial charge >= 0.3 is 0 Å². The maximum Gasteiger partial charge on any atom is 0.254 e. The summed E-state index contributed by atoms with van der Waals surface area (Å²) in [6.45, 7) is 0.853. The van der Waals surface area contributed by atoms with E-state index in [2.05, 4.69) is 15.9 Å². The summed E-state index contributed by atoms with van der Waals surface area (Å²) in [7, 11) is 1.62. The van der Waals surface area contributed by atoms with E-state index < -0.39 is 0 Å². The van der Waals surface area contributed by atoms with Crippen LogP contribution in [0.25, 0.3) is 0 Å². The van der Waals surface area contributed by atoms with Crippen molar-refractivity contribution in [3.05, 3.63) is 29.8 Å². The molecule has 0 saturated carbocycles. The first-order chi connectivity index (χ1) is 9.26. The van der Waals surface area contributed by atoms with Crippen molar-refractivity contribution in [1.82, 2.24) is 4.90 Å². The Labute approximate surface area is 123 Å². The van der Waals surface area contributed by atoms with Gasteiger partial charge in [0.05, 0.1) is 7.11 Å². The van der Waals surface area contributed by atoms with Gasteiger partial charge in [-0.25, -0.2) is 0 Å². The lowest BCUT2D eigenvalue weighted by atomic mass is 10.1. The standard InChI is InChI=1S/C15H20BrNO2/c1-19-14-8-5-6-12(10-14)15(18)17-9-4-2-3-7-13(17)11-16/h5-6,8,10,13H,2-4,7,9,11H2,1H3. The van der Waals surface area contributed by atoms with E-state index in [4.69, 9.17) is 4.74 Å². The number of halogens is 1. The number of amides is 1. The van der Waals surface area contributed by atoms with Gasteiger partial charge in [-0.1, -0.05) is 34.8 Å². The molecule has 0 aliphatic carbocycles. The Morgan fingerprint density at radius 2 is 2.26 bits per heavy atom. The van der Waals surface area contributed by atoms with Crippen LogP contribution in [0.5, 0.6) is 5.75 Å². The van der Waals surface area contributed by atoms with Crippen LogP contribution >= 0.6 is 15.9 Å². The van der Waals surface area contributed by atoms with Crippen LogP contribution in [0.1, 0.15) is 36.0 Å². The van der Waals surface area contributed by atoms with E-state index in [0.29, 0.717) is 11.6 Å². The molecule has 0 radical (unpaired) electrons. The molecule has 1 aromatic carbocycles. The minimum atomic E-state index is 0.116. The van der Waals surface area contributed by atoms with Crippen LogP contribution < -0.4 is 4.74 Å². The highest BCUT2D eigenvalue weighted by Crippen LogP contribution is 2.22. The first kappa shape index (κ1) is 14.4. The largest absolute Gasteiger partial charge is 0.497 e. The van der Waals surface area contributed by atoms with E-state index in [1.54, 1.807) is 7.11 Å². The van der Waals surface area contributed by atoms with E-state index in [-0.39, 0.29) is 5.91 Å². The molecule has 1 heterocycles. The summed E-state index contributed by atoms with van der Waals surface area (Å²) in [4.78, 5) is 14.6. The zero-order chi connectivity index (χ0) is 13.7. The summed E-state index contributed by atoms with van der Waals surface area (Å²) in [5.41, 5.74) is 0.715. The molecule has 1 unspecified atom stereocenters. The second-order valence-electron chi connectivity index (χ2n) is 4.89. The summed E-state index contributed by atoms with van der Waals surface area (Å²) in [6.07, 6.45) is 4.60. The van der Waals surface area contributed by atoms with Crippen LogP contribution in [0.15, 0.2) is 24.3 Å². The fourth-order valence-corrected chi connectivity index (χ4v) is 3.20. The van der Waals surface area contributed by atoms with Crippen molar-refractivity contribution >= 4 is 21.8 Å². The number of likely N-dealkylation sites (tertiary alicyclic amines) is 1. The van der Waals surface area contributed by atoms with Gasteiger partial charge in [-0.05, 0) is 31.0 Å². The molecule has 19 heavy (non-hydrogen) atoms. The molecule has 1 saturated heterocycles. The lowest BCUT2D eigenvalue weighted by Gasteiger charge is -2.29. The predicted molar refractivity (Wildman–Crippen MR) is 80.1 cm³/mol. The Kier molecular flexibility index (Phi) is 5.25. The Morgan fingerprint density at radius 3 is 3.00 bits per heavy atom. The zero-order valence-electron chi connectivity index (χ0n) is 11.3. The van der Waals surface area contributed by atoms with Crippen LogP contribution in [-0.2, 0) is 0 Å². The lowest BCUT2D eigenvalue weighted by Crippen LogP contribution is -2.41. The molecule has 0 bridgehead atoms. The average Bonchev–Trinajstić information content (AvgIpc) is 2.71. The van der Waals surface area contributed by atoms with Gasteiger partial charge in [0.2, 0.25) is 0 Å². The van der Waals surface area contributed by atoms with Crippen molar-refractivity contribution in [3.8, 4) is 5.75 Å². The van der Waals surface area contributed by atoms with Crippen molar-refractivity contribution in [1.29, 1.82) is 0 Å². The third kappa shape index (κ3) is 3.50. The number of alkyl halides is 1. The van der Waals surface area contributed by atoms with Gasteiger partial charge in [0.15, 0.2) is 0 Å². The number of carbonyl (C=O) groups excluding carboxylic acids is 1. The normalized spacial score (nSPS) is 19.9. The maximum atomic E-state index is 12.6. The Morgan fingerprint density at radius 1 is 1.42 bits per heavy atom. The van der Waals surface area contributed by atoms with Gasteiger partial charge in [-0.15, -0.1) is 0 Å². The Balaban J connectivity index is 2.20. The van der Waals surface area contributed by atoms with E-state index in [1.807, 2.05) is 29.2 Å². The molecule has 0 aromatic heterocycles. The molecule has 1 aliphatic heterocycles. The number of hydrogen-bond donors (Lipinski definition) is 0. The number of benzene rings is 1. The maximum absolute atomic E-state index is 12.6. The monoisotopic (exact) mass is 325 g/mol. The Hall–Kier alpha value is -1.03. The van der Waals surface area contributed by atoms with Crippen LogP contribution in [0, 0.1) is 0 Å². The first-order valence-corrected chi connectivity index (χ1v) is 7.89. The van der Waals surface area contributed by atoms with Crippen molar-refractivity contribution in [2.24, 2.45) is 0 Å². The van der Waals surface area contributed by atoms with Gasteiger partial charge in [0, 0.05) is 23.5 Å². The average molecular weight is 326 g/mol. The van der Waals surface area contributed by atoms with Crippen molar-refractivity contribution in [2.75, 3.05) is 19.0 Å². The zero-order valence-corrected chi connectivity index (χ0v) is 12.9. The van der Waals surface area contributed by atoms with E-state index in [9.17, 15) is 4.79 Å². The quantitative estimate of drug-likeness (QED) is 0.796. The van der Waals surface area contributed by atoms with Crippen LogP contribution in [0.3, 0.4) is 0 Å². The molecule has 1 aromatic rings. The molecule has 0 spiro atoms. The van der Waals surface area contributed by atoms with Gasteiger partial charge in [0.25, 0.3) is 5.91 Å². The number of rotatable bonds is 3. The topological polar surface area (TPSA) is 29.5 Å².